The number of anilines is 10. The van der Waals surface area contributed by atoms with Crippen LogP contribution >= 0.6 is 11.8 Å². The van der Waals surface area contributed by atoms with Crippen molar-refractivity contribution >= 4 is 108 Å². The molecule has 3 unspecified atom stereocenters. The Morgan fingerprint density at radius 2 is 1.06 bits per heavy atom. The molecule has 16 rings (SSSR count). The van der Waals surface area contributed by atoms with Gasteiger partial charge in [0.15, 0.2) is 5.58 Å². The fourth-order valence-electron chi connectivity index (χ4n) is 13.1. The van der Waals surface area contributed by atoms with Crippen LogP contribution in [0.25, 0.3) is 21.9 Å². The second-order valence-corrected chi connectivity index (χ2v) is 22.4. The molecular weight excluding hydrogens is 1010 g/mol. The lowest BCUT2D eigenvalue weighted by molar-refractivity contribution is 0.485. The summed E-state index contributed by atoms with van der Waals surface area (Å²) >= 11 is 1.95. The van der Waals surface area contributed by atoms with Crippen molar-refractivity contribution in [2.24, 2.45) is 0 Å². The Morgan fingerprint density at radius 1 is 0.457 bits per heavy atom. The third-order valence-electron chi connectivity index (χ3n) is 16.5. The molecule has 384 valence electrons. The minimum atomic E-state index is -0.185. The van der Waals surface area contributed by atoms with Gasteiger partial charge in [-0.25, -0.2) is 0 Å². The topological polar surface area (TPSA) is 44.1 Å². The Morgan fingerprint density at radius 3 is 1.78 bits per heavy atom. The molecule has 4 aliphatic rings. The van der Waals surface area contributed by atoms with Gasteiger partial charge in [-0.05, 0) is 143 Å². The van der Waals surface area contributed by atoms with Crippen molar-refractivity contribution < 1.29 is 9.15 Å². The van der Waals surface area contributed by atoms with Gasteiger partial charge in [-0.2, -0.15) is 0 Å². The van der Waals surface area contributed by atoms with Gasteiger partial charge in [0.25, 0.3) is 0 Å². The molecule has 8 heteroatoms. The second-order valence-electron chi connectivity index (χ2n) is 21.2. The van der Waals surface area contributed by atoms with Crippen LogP contribution in [0.5, 0.6) is 11.5 Å². The number of fused-ring (bicyclic) bond motifs is 9. The smallest absolute Gasteiger partial charge is 0.228 e. The Bertz CT molecular complexity index is 4360. The number of allylic oxidation sites excluding steroid dienone is 2. The summed E-state index contributed by atoms with van der Waals surface area (Å²) in [4.78, 5) is 8.47. The van der Waals surface area contributed by atoms with Crippen LogP contribution in [0.1, 0.15) is 17.0 Å². The molecule has 81 heavy (non-hydrogen) atoms. The molecule has 0 spiro atoms. The highest BCUT2D eigenvalue weighted by Gasteiger charge is 2.49. The van der Waals surface area contributed by atoms with Crippen molar-refractivity contribution in [2.75, 3.05) is 20.0 Å². The monoisotopic (exact) mass is 1060 g/mol. The van der Waals surface area contributed by atoms with E-state index in [4.69, 9.17) is 9.15 Å². The lowest BCUT2D eigenvalue weighted by Gasteiger charge is -2.47. The van der Waals surface area contributed by atoms with E-state index in [2.05, 4.69) is 305 Å². The minimum Gasteiger partial charge on any atom is -0.458 e. The molecule has 12 aromatic rings. The number of ether oxygens (including phenoxy) is 1. The average Bonchev–Trinajstić information content (AvgIpc) is 3.79. The summed E-state index contributed by atoms with van der Waals surface area (Å²) in [6, 6.07) is 97.8. The van der Waals surface area contributed by atoms with E-state index in [-0.39, 0.29) is 23.7 Å². The molecule has 0 amide bonds. The van der Waals surface area contributed by atoms with Gasteiger partial charge in [0.1, 0.15) is 17.1 Å². The summed E-state index contributed by atoms with van der Waals surface area (Å²) in [5, 5.41) is 6.09. The average molecular weight is 1060 g/mol. The van der Waals surface area contributed by atoms with E-state index in [9.17, 15) is 0 Å². The van der Waals surface area contributed by atoms with E-state index in [0.29, 0.717) is 0 Å². The van der Waals surface area contributed by atoms with Crippen molar-refractivity contribution in [3.63, 3.8) is 0 Å². The van der Waals surface area contributed by atoms with Gasteiger partial charge in [0, 0.05) is 78.4 Å². The number of rotatable bonds is 10. The maximum Gasteiger partial charge on any atom is 0.228 e. The van der Waals surface area contributed by atoms with Gasteiger partial charge in [-0.1, -0.05) is 170 Å². The summed E-state index contributed by atoms with van der Waals surface area (Å²) in [5.74, 6) is 1.67. The zero-order valence-corrected chi connectivity index (χ0v) is 44.8. The Hall–Kier alpha value is -9.89. The molecule has 4 heterocycles. The number of hydrogen-bond acceptors (Lipinski definition) is 7. The molecule has 6 nitrogen and oxygen atoms in total. The van der Waals surface area contributed by atoms with Crippen LogP contribution in [0.3, 0.4) is 0 Å². The van der Waals surface area contributed by atoms with Crippen LogP contribution in [0.4, 0.5) is 56.9 Å². The third kappa shape index (κ3) is 7.96. The highest BCUT2D eigenvalue weighted by atomic mass is 32.2. The van der Waals surface area contributed by atoms with E-state index in [1.165, 1.54) is 32.5 Å². The largest absolute Gasteiger partial charge is 0.458 e. The predicted molar refractivity (Wildman–Crippen MR) is 337 cm³/mol. The predicted octanol–water partition coefficient (Wildman–Crippen LogP) is 18.6. The van der Waals surface area contributed by atoms with Gasteiger partial charge in [0.2, 0.25) is 6.71 Å². The highest BCUT2D eigenvalue weighted by Crippen LogP contribution is 2.59. The summed E-state index contributed by atoms with van der Waals surface area (Å²) in [6.07, 6.45) is 5.27. The van der Waals surface area contributed by atoms with E-state index in [1.54, 1.807) is 0 Å². The van der Waals surface area contributed by atoms with Crippen LogP contribution in [0.2, 0.25) is 5.82 Å². The maximum atomic E-state index is 7.11. The fraction of sp³-hybridized carbons (Fsp3) is 0.0411. The third-order valence-corrected chi connectivity index (χ3v) is 17.8. The van der Waals surface area contributed by atoms with Gasteiger partial charge in [0.05, 0.1) is 17.1 Å². The number of hydrogen-bond donors (Lipinski definition) is 1. The summed E-state index contributed by atoms with van der Waals surface area (Å²) < 4.78 is 14.2. The molecular formula is C73H51BN4O2S. The second kappa shape index (κ2) is 19.5. The van der Waals surface area contributed by atoms with Crippen LogP contribution in [-0.4, -0.2) is 12.0 Å². The molecule has 0 radical (unpaired) electrons. The zero-order chi connectivity index (χ0) is 53.4. The lowest BCUT2D eigenvalue weighted by atomic mass is 9.31. The number of nitrogens with one attached hydrogen (secondary N) is 1. The van der Waals surface area contributed by atoms with Gasteiger partial charge >= 0.3 is 0 Å². The summed E-state index contributed by atoms with van der Waals surface area (Å²) in [7, 11) is 0. The molecule has 1 aromatic heterocycles. The SMILES string of the molecule is C1=C2C(=CC3Sc4cc(N(c5ccccc5)c5ccccc5)cc5c4B(c4ccccc4O5)C13)N(c1cccc3c1oc1ccccc13)c1cc(N(c3ccccc3)c3ccccc3)ccc1C2c1ccccc1Nc1ccccc1. The Labute approximate surface area is 475 Å². The van der Waals surface area contributed by atoms with E-state index in [0.717, 1.165) is 96.0 Å². The first kappa shape index (κ1) is 47.1. The van der Waals surface area contributed by atoms with Crippen LogP contribution < -0.4 is 35.7 Å². The molecule has 0 bridgehead atoms. The number of thioether (sulfide) groups is 1. The molecule has 1 N–H and O–H groups in total. The van der Waals surface area contributed by atoms with Crippen molar-refractivity contribution in [1.29, 1.82) is 0 Å². The van der Waals surface area contributed by atoms with Gasteiger partial charge in [-0.15, -0.1) is 11.8 Å². The quantitative estimate of drug-likeness (QED) is 0.137. The number of benzene rings is 11. The first-order valence-electron chi connectivity index (χ1n) is 27.8. The van der Waals surface area contributed by atoms with Crippen molar-refractivity contribution in [2.45, 2.75) is 21.9 Å². The van der Waals surface area contributed by atoms with Gasteiger partial charge in [-0.3, -0.25) is 0 Å². The molecule has 3 atom stereocenters. The lowest BCUT2D eigenvalue weighted by Crippen LogP contribution is -2.55. The normalized spacial score (nSPS) is 16.4. The molecule has 0 saturated carbocycles. The van der Waals surface area contributed by atoms with Crippen LogP contribution in [0.15, 0.2) is 306 Å². The molecule has 11 aromatic carbocycles. The molecule has 0 saturated heterocycles. The van der Waals surface area contributed by atoms with Crippen molar-refractivity contribution in [3.8, 4) is 11.5 Å². The summed E-state index contributed by atoms with van der Waals surface area (Å²) in [6.45, 7) is 0.00659. The van der Waals surface area contributed by atoms with Crippen LogP contribution in [0, 0.1) is 0 Å². The fourth-order valence-corrected chi connectivity index (χ4v) is 14.5. The number of para-hydroxylation sites is 9. The van der Waals surface area contributed by atoms with Crippen LogP contribution in [-0.2, 0) is 0 Å². The highest BCUT2D eigenvalue weighted by molar-refractivity contribution is 8.00. The maximum absolute atomic E-state index is 7.11. The van der Waals surface area contributed by atoms with E-state index < -0.39 is 0 Å². The first-order chi connectivity index (χ1) is 40.2. The molecule has 3 aliphatic heterocycles. The summed E-state index contributed by atoms with van der Waals surface area (Å²) in [5.41, 5.74) is 19.5. The van der Waals surface area contributed by atoms with Crippen molar-refractivity contribution in [3.05, 3.63) is 308 Å². The minimum absolute atomic E-state index is 0.00659. The molecule has 0 fully saturated rings. The number of furan rings is 1. The van der Waals surface area contributed by atoms with E-state index in [1.807, 2.05) is 11.8 Å². The van der Waals surface area contributed by atoms with Crippen molar-refractivity contribution in [1.82, 2.24) is 0 Å². The van der Waals surface area contributed by atoms with Gasteiger partial charge < -0.3 is 29.2 Å². The zero-order valence-electron chi connectivity index (χ0n) is 44.0. The standard InChI is InChI=1S/C73H51BN4O2S/c1-6-23-48(24-7-1)75-62-37-19-16-34-57(62)71-58-42-41-53(76(49-25-8-2-9-26-49)50-27-10-3-11-28-50)43-64(58)78(63-38-22-35-56-55-33-17-20-39-66(55)80-73(56)63)65-47-69-61(46-59(65)71)74-60-36-18-21-40-67(60)79-68-44-54(45-70(81-69)72(68)74)77(51-29-12-4-13-30-51)52-31-14-5-15-32-52/h1-47,61,69,71,75H. The molecule has 1 aliphatic carbocycles. The number of nitrogens with zero attached hydrogens (tertiary/aromatic N) is 3. The first-order valence-corrected chi connectivity index (χ1v) is 28.7. The Kier molecular flexibility index (Phi) is 11.3. The Balaban J connectivity index is 0.964. The van der Waals surface area contributed by atoms with E-state index >= 15 is 0 Å².